The van der Waals surface area contributed by atoms with Gasteiger partial charge >= 0.3 is 6.18 Å². The molecule has 1 aromatic rings. The molecule has 1 aliphatic heterocycles. The van der Waals surface area contributed by atoms with Crippen LogP contribution in [-0.2, 0) is 22.1 Å². The smallest absolute Gasteiger partial charge is 0.384 e. The topological polar surface area (TPSA) is 50.4 Å². The Kier molecular flexibility index (Phi) is 6.23. The lowest BCUT2D eigenvalue weighted by Crippen LogP contribution is -2.47. The largest absolute Gasteiger partial charge is 0.416 e. The average Bonchev–Trinajstić information content (AvgIpc) is 2.54. The number of nitrogens with one attached hydrogen (secondary N) is 2. The summed E-state index contributed by atoms with van der Waals surface area (Å²) in [5.41, 5.74) is -0.487. The first-order chi connectivity index (χ1) is 11.3. The Labute approximate surface area is 139 Å². The molecule has 7 heteroatoms. The molecule has 134 valence electrons. The second-order valence-corrected chi connectivity index (χ2v) is 6.33. The number of alkyl halides is 3. The molecule has 1 aliphatic rings. The summed E-state index contributed by atoms with van der Waals surface area (Å²) >= 11 is 0. The first-order valence-electron chi connectivity index (χ1n) is 7.97. The quantitative estimate of drug-likeness (QED) is 0.833. The Balaban J connectivity index is 1.93. The Morgan fingerprint density at radius 1 is 1.33 bits per heavy atom. The van der Waals surface area contributed by atoms with E-state index in [0.29, 0.717) is 18.7 Å². The van der Waals surface area contributed by atoms with Gasteiger partial charge in [0.25, 0.3) is 0 Å². The fraction of sp³-hybridized carbons (Fsp3) is 0.588. The average molecular weight is 344 g/mol. The predicted octanol–water partition coefficient (Wildman–Crippen LogP) is 2.38. The van der Waals surface area contributed by atoms with Gasteiger partial charge in [-0.2, -0.15) is 13.2 Å². The third-order valence-corrected chi connectivity index (χ3v) is 4.39. The van der Waals surface area contributed by atoms with Crippen LogP contribution in [0.5, 0.6) is 0 Å². The first kappa shape index (κ1) is 18.7. The van der Waals surface area contributed by atoms with Crippen LogP contribution in [0.1, 0.15) is 24.0 Å². The van der Waals surface area contributed by atoms with Gasteiger partial charge in [-0.15, -0.1) is 0 Å². The summed E-state index contributed by atoms with van der Waals surface area (Å²) in [5, 5.41) is 6.13. The van der Waals surface area contributed by atoms with Gasteiger partial charge in [-0.1, -0.05) is 18.2 Å². The lowest BCUT2D eigenvalue weighted by molar-refractivity contribution is -0.137. The maximum Gasteiger partial charge on any atom is 0.416 e. The summed E-state index contributed by atoms with van der Waals surface area (Å²) in [5.74, 6) is -0.275. The van der Waals surface area contributed by atoms with E-state index < -0.39 is 11.7 Å². The van der Waals surface area contributed by atoms with Crippen LogP contribution in [0.3, 0.4) is 0 Å². The zero-order chi connectivity index (χ0) is 17.6. The minimum atomic E-state index is -4.40. The third kappa shape index (κ3) is 5.21. The van der Waals surface area contributed by atoms with Gasteiger partial charge in [-0.25, -0.2) is 0 Å². The molecule has 0 atom stereocenters. The fourth-order valence-corrected chi connectivity index (χ4v) is 3.03. The van der Waals surface area contributed by atoms with Gasteiger partial charge < -0.3 is 15.4 Å². The van der Waals surface area contributed by atoms with Gasteiger partial charge in [-0.05, 0) is 37.6 Å². The van der Waals surface area contributed by atoms with E-state index in [9.17, 15) is 18.0 Å². The molecule has 2 rings (SSSR count). The lowest BCUT2D eigenvalue weighted by Gasteiger charge is -2.37. The molecule has 24 heavy (non-hydrogen) atoms. The lowest BCUT2D eigenvalue weighted by atomic mass is 9.79. The third-order valence-electron chi connectivity index (χ3n) is 4.39. The van der Waals surface area contributed by atoms with Crippen molar-refractivity contribution < 1.29 is 22.7 Å². The van der Waals surface area contributed by atoms with E-state index in [1.54, 1.807) is 7.11 Å². The fourth-order valence-electron chi connectivity index (χ4n) is 3.03. The molecule has 2 N–H and O–H groups in total. The number of hydrogen-bond donors (Lipinski definition) is 2. The summed E-state index contributed by atoms with van der Waals surface area (Å²) in [6, 6.07) is 4.88. The highest BCUT2D eigenvalue weighted by molar-refractivity contribution is 5.78. The number of ether oxygens (including phenoxy) is 1. The SMILES string of the molecule is COCC1(CNC(=O)Cc2cccc(C(F)(F)F)c2)CCNCC1. The molecule has 1 saturated heterocycles. The molecular formula is C17H23F3N2O2. The molecule has 0 bridgehead atoms. The van der Waals surface area contributed by atoms with Crippen LogP contribution in [-0.4, -0.2) is 39.3 Å². The second kappa shape index (κ2) is 7.98. The van der Waals surface area contributed by atoms with Crippen LogP contribution in [0.25, 0.3) is 0 Å². The molecule has 0 unspecified atom stereocenters. The van der Waals surface area contributed by atoms with E-state index in [-0.39, 0.29) is 17.7 Å². The number of rotatable bonds is 6. The Hall–Kier alpha value is -1.60. The first-order valence-corrected chi connectivity index (χ1v) is 7.97. The maximum atomic E-state index is 12.7. The van der Waals surface area contributed by atoms with Crippen molar-refractivity contribution in [3.8, 4) is 0 Å². The van der Waals surface area contributed by atoms with Crippen molar-refractivity contribution in [1.82, 2.24) is 10.6 Å². The zero-order valence-electron chi connectivity index (χ0n) is 13.7. The number of methoxy groups -OCH3 is 1. The summed E-state index contributed by atoms with van der Waals surface area (Å²) in [6.45, 7) is 2.76. The number of piperidine rings is 1. The van der Waals surface area contributed by atoms with Crippen molar-refractivity contribution in [2.24, 2.45) is 5.41 Å². The molecule has 0 aliphatic carbocycles. The zero-order valence-corrected chi connectivity index (χ0v) is 13.7. The molecule has 4 nitrogen and oxygen atoms in total. The van der Waals surface area contributed by atoms with Crippen molar-refractivity contribution in [2.45, 2.75) is 25.4 Å². The van der Waals surface area contributed by atoms with Crippen LogP contribution < -0.4 is 10.6 Å². The van der Waals surface area contributed by atoms with E-state index in [4.69, 9.17) is 4.74 Å². The van der Waals surface area contributed by atoms with Crippen LogP contribution in [0.4, 0.5) is 13.2 Å². The van der Waals surface area contributed by atoms with Gasteiger partial charge in [0.15, 0.2) is 0 Å². The molecule has 1 aromatic carbocycles. The molecular weight excluding hydrogens is 321 g/mol. The monoisotopic (exact) mass is 344 g/mol. The highest BCUT2D eigenvalue weighted by Crippen LogP contribution is 2.30. The van der Waals surface area contributed by atoms with E-state index in [1.165, 1.54) is 12.1 Å². The number of hydrogen-bond acceptors (Lipinski definition) is 3. The highest BCUT2D eigenvalue weighted by Gasteiger charge is 2.33. The van der Waals surface area contributed by atoms with Crippen LogP contribution >= 0.6 is 0 Å². The molecule has 0 aromatic heterocycles. The van der Waals surface area contributed by atoms with E-state index in [0.717, 1.165) is 38.1 Å². The maximum absolute atomic E-state index is 12.7. The molecule has 1 heterocycles. The molecule has 0 spiro atoms. The predicted molar refractivity (Wildman–Crippen MR) is 84.6 cm³/mol. The van der Waals surface area contributed by atoms with Crippen molar-refractivity contribution in [2.75, 3.05) is 33.4 Å². The standard InChI is InChI=1S/C17H23F3N2O2/c1-24-12-16(5-7-21-8-6-16)11-22-15(23)10-13-3-2-4-14(9-13)17(18,19)20/h2-4,9,21H,5-8,10-12H2,1H3,(H,22,23). The molecule has 1 amide bonds. The van der Waals surface area contributed by atoms with E-state index in [2.05, 4.69) is 10.6 Å². The highest BCUT2D eigenvalue weighted by atomic mass is 19.4. The van der Waals surface area contributed by atoms with Crippen LogP contribution in [0, 0.1) is 5.41 Å². The van der Waals surface area contributed by atoms with Crippen LogP contribution in [0.15, 0.2) is 24.3 Å². The number of amides is 1. The van der Waals surface area contributed by atoms with E-state index >= 15 is 0 Å². The van der Waals surface area contributed by atoms with Gasteiger partial charge in [0, 0.05) is 19.1 Å². The van der Waals surface area contributed by atoms with Gasteiger partial charge in [-0.3, -0.25) is 4.79 Å². The van der Waals surface area contributed by atoms with E-state index in [1.807, 2.05) is 0 Å². The number of carbonyl (C=O) groups is 1. The molecule has 0 radical (unpaired) electrons. The minimum Gasteiger partial charge on any atom is -0.384 e. The Morgan fingerprint density at radius 3 is 2.67 bits per heavy atom. The summed E-state index contributed by atoms with van der Waals surface area (Å²) < 4.78 is 43.4. The molecule has 0 saturated carbocycles. The number of carbonyl (C=O) groups excluding carboxylic acids is 1. The summed E-state index contributed by atoms with van der Waals surface area (Å²) in [4.78, 5) is 12.1. The van der Waals surface area contributed by atoms with Crippen LogP contribution in [0.2, 0.25) is 0 Å². The normalized spacial score (nSPS) is 17.5. The Morgan fingerprint density at radius 2 is 2.04 bits per heavy atom. The van der Waals surface area contributed by atoms with Crippen molar-refractivity contribution in [1.29, 1.82) is 0 Å². The van der Waals surface area contributed by atoms with Gasteiger partial charge in [0.1, 0.15) is 0 Å². The van der Waals surface area contributed by atoms with Gasteiger partial charge in [0.2, 0.25) is 5.91 Å². The van der Waals surface area contributed by atoms with Crippen molar-refractivity contribution in [3.63, 3.8) is 0 Å². The van der Waals surface area contributed by atoms with Gasteiger partial charge in [0.05, 0.1) is 18.6 Å². The number of benzene rings is 1. The van der Waals surface area contributed by atoms with Crippen molar-refractivity contribution >= 4 is 5.91 Å². The second-order valence-electron chi connectivity index (χ2n) is 6.33. The number of halogens is 3. The molecule has 1 fully saturated rings. The summed E-state index contributed by atoms with van der Waals surface area (Å²) in [6.07, 6.45) is -2.68. The van der Waals surface area contributed by atoms with Crippen molar-refractivity contribution in [3.05, 3.63) is 35.4 Å². The minimum absolute atomic E-state index is 0.0643. The Bertz CT molecular complexity index is 550. The summed E-state index contributed by atoms with van der Waals surface area (Å²) in [7, 11) is 1.63.